The van der Waals surface area contributed by atoms with Crippen molar-refractivity contribution >= 4 is 27.3 Å². The minimum absolute atomic E-state index is 0.204. The molecule has 1 saturated heterocycles. The second-order valence-electron chi connectivity index (χ2n) is 6.76. The number of rotatable bonds is 6. The van der Waals surface area contributed by atoms with Crippen LogP contribution in [-0.2, 0) is 19.6 Å². The van der Waals surface area contributed by atoms with E-state index in [4.69, 9.17) is 4.74 Å². The number of hydrogen-bond donors (Lipinski definition) is 2. The van der Waals surface area contributed by atoms with Crippen molar-refractivity contribution in [1.29, 1.82) is 0 Å². The van der Waals surface area contributed by atoms with Gasteiger partial charge in [-0.15, -0.1) is 0 Å². The highest BCUT2D eigenvalue weighted by molar-refractivity contribution is 7.89. The van der Waals surface area contributed by atoms with Gasteiger partial charge >= 0.3 is 0 Å². The van der Waals surface area contributed by atoms with Crippen LogP contribution in [0.1, 0.15) is 12.5 Å². The third-order valence-corrected chi connectivity index (χ3v) is 6.47. The first-order chi connectivity index (χ1) is 13.4. The summed E-state index contributed by atoms with van der Waals surface area (Å²) < 4.78 is 31.9. The van der Waals surface area contributed by atoms with Gasteiger partial charge in [-0.1, -0.05) is 17.7 Å². The summed E-state index contributed by atoms with van der Waals surface area (Å²) in [5.41, 5.74) is 2.55. The van der Waals surface area contributed by atoms with Crippen LogP contribution in [0.2, 0.25) is 0 Å². The Balaban J connectivity index is 1.61. The molecule has 0 bridgehead atoms. The quantitative estimate of drug-likeness (QED) is 0.774. The standard InChI is InChI=1S/C20H25N3O4S/c1-15-3-5-17(6-4-15)21-16(2)20(24)22-18-7-9-19(10-8-18)28(25,26)23-11-13-27-14-12-23/h3-10,16,21H,11-14H2,1-2H3,(H,22,24)/t16-/m1/s1. The highest BCUT2D eigenvalue weighted by Crippen LogP contribution is 2.20. The maximum Gasteiger partial charge on any atom is 0.246 e. The Morgan fingerprint density at radius 3 is 2.18 bits per heavy atom. The molecule has 2 N–H and O–H groups in total. The molecule has 1 atom stereocenters. The third-order valence-electron chi connectivity index (χ3n) is 4.56. The fourth-order valence-electron chi connectivity index (χ4n) is 2.86. The van der Waals surface area contributed by atoms with Crippen LogP contribution in [-0.4, -0.2) is 51.0 Å². The van der Waals surface area contributed by atoms with Crippen molar-refractivity contribution in [1.82, 2.24) is 4.31 Å². The van der Waals surface area contributed by atoms with E-state index in [-0.39, 0.29) is 10.8 Å². The van der Waals surface area contributed by atoms with Gasteiger partial charge in [-0.3, -0.25) is 4.79 Å². The molecule has 150 valence electrons. The summed E-state index contributed by atoms with van der Waals surface area (Å²) in [5, 5.41) is 5.94. The number of ether oxygens (including phenoxy) is 1. The molecule has 0 aliphatic carbocycles. The van der Waals surface area contributed by atoms with Gasteiger partial charge in [0.2, 0.25) is 15.9 Å². The van der Waals surface area contributed by atoms with E-state index >= 15 is 0 Å². The van der Waals surface area contributed by atoms with Gasteiger partial charge in [0.1, 0.15) is 6.04 Å². The molecule has 2 aromatic carbocycles. The number of nitrogens with one attached hydrogen (secondary N) is 2. The molecule has 0 spiro atoms. The first-order valence-electron chi connectivity index (χ1n) is 9.18. The largest absolute Gasteiger partial charge is 0.379 e. The number of anilines is 2. The van der Waals surface area contributed by atoms with Crippen molar-refractivity contribution in [3.63, 3.8) is 0 Å². The molecule has 0 saturated carbocycles. The second-order valence-corrected chi connectivity index (χ2v) is 8.70. The molecule has 0 radical (unpaired) electrons. The Morgan fingerprint density at radius 1 is 1.00 bits per heavy atom. The Kier molecular flexibility index (Phi) is 6.33. The fourth-order valence-corrected chi connectivity index (χ4v) is 4.27. The van der Waals surface area contributed by atoms with E-state index < -0.39 is 16.1 Å². The summed E-state index contributed by atoms with van der Waals surface area (Å²) in [6.07, 6.45) is 0. The lowest BCUT2D eigenvalue weighted by atomic mass is 10.2. The van der Waals surface area contributed by atoms with Gasteiger partial charge in [0.15, 0.2) is 0 Å². The lowest BCUT2D eigenvalue weighted by Gasteiger charge is -2.26. The maximum atomic E-state index is 12.6. The highest BCUT2D eigenvalue weighted by Gasteiger charge is 2.26. The molecule has 3 rings (SSSR count). The first-order valence-corrected chi connectivity index (χ1v) is 10.6. The number of hydrogen-bond acceptors (Lipinski definition) is 5. The average Bonchev–Trinajstić information content (AvgIpc) is 2.70. The topological polar surface area (TPSA) is 87.7 Å². The molecule has 0 unspecified atom stereocenters. The maximum absolute atomic E-state index is 12.6. The smallest absolute Gasteiger partial charge is 0.246 e. The molecular formula is C20H25N3O4S. The Morgan fingerprint density at radius 2 is 1.57 bits per heavy atom. The molecule has 1 aliphatic rings. The summed E-state index contributed by atoms with van der Waals surface area (Å²) in [7, 11) is -3.54. The molecule has 28 heavy (non-hydrogen) atoms. The van der Waals surface area contributed by atoms with Crippen molar-refractivity contribution in [3.8, 4) is 0 Å². The molecule has 1 fully saturated rings. The summed E-state index contributed by atoms with van der Waals surface area (Å²) in [6.45, 7) is 5.28. The van der Waals surface area contributed by atoms with Gasteiger partial charge in [0.25, 0.3) is 0 Å². The van der Waals surface area contributed by atoms with Gasteiger partial charge in [-0.05, 0) is 50.2 Å². The Bertz CT molecular complexity index is 905. The van der Waals surface area contributed by atoms with E-state index in [1.54, 1.807) is 19.1 Å². The second kappa shape index (κ2) is 8.72. The number of amides is 1. The normalized spacial score (nSPS) is 16.4. The van der Waals surface area contributed by atoms with E-state index in [2.05, 4.69) is 10.6 Å². The molecule has 1 heterocycles. The van der Waals surface area contributed by atoms with Crippen molar-refractivity contribution in [2.24, 2.45) is 0 Å². The van der Waals surface area contributed by atoms with Crippen molar-refractivity contribution in [2.45, 2.75) is 24.8 Å². The minimum Gasteiger partial charge on any atom is -0.379 e. The number of benzene rings is 2. The lowest BCUT2D eigenvalue weighted by molar-refractivity contribution is -0.116. The van der Waals surface area contributed by atoms with E-state index in [0.717, 1.165) is 11.3 Å². The number of carbonyl (C=O) groups excluding carboxylic acids is 1. The van der Waals surface area contributed by atoms with E-state index in [1.165, 1.54) is 16.4 Å². The van der Waals surface area contributed by atoms with Crippen LogP contribution < -0.4 is 10.6 Å². The van der Waals surface area contributed by atoms with Crippen LogP contribution >= 0.6 is 0 Å². The molecule has 8 heteroatoms. The first kappa shape index (κ1) is 20.3. The number of carbonyl (C=O) groups is 1. The number of sulfonamides is 1. The van der Waals surface area contributed by atoms with Crippen LogP contribution in [0.4, 0.5) is 11.4 Å². The van der Waals surface area contributed by atoms with E-state index in [0.29, 0.717) is 32.0 Å². The van der Waals surface area contributed by atoms with Gasteiger partial charge in [-0.25, -0.2) is 8.42 Å². The molecule has 1 amide bonds. The summed E-state index contributed by atoms with van der Waals surface area (Å²) in [6, 6.07) is 13.6. The molecular weight excluding hydrogens is 378 g/mol. The highest BCUT2D eigenvalue weighted by atomic mass is 32.2. The van der Waals surface area contributed by atoms with E-state index in [9.17, 15) is 13.2 Å². The average molecular weight is 404 g/mol. The van der Waals surface area contributed by atoms with Crippen LogP contribution in [0, 0.1) is 6.92 Å². The van der Waals surface area contributed by atoms with E-state index in [1.807, 2.05) is 31.2 Å². The number of nitrogens with zero attached hydrogens (tertiary/aromatic N) is 1. The van der Waals surface area contributed by atoms with Crippen LogP contribution in [0.5, 0.6) is 0 Å². The van der Waals surface area contributed by atoms with Crippen molar-refractivity contribution < 1.29 is 17.9 Å². The van der Waals surface area contributed by atoms with Gasteiger partial charge in [0.05, 0.1) is 18.1 Å². The molecule has 7 nitrogen and oxygen atoms in total. The zero-order chi connectivity index (χ0) is 20.1. The number of morpholine rings is 1. The summed E-state index contributed by atoms with van der Waals surface area (Å²) in [4.78, 5) is 12.6. The lowest BCUT2D eigenvalue weighted by Crippen LogP contribution is -2.40. The zero-order valence-corrected chi connectivity index (χ0v) is 16.8. The SMILES string of the molecule is Cc1ccc(N[C@H](C)C(=O)Nc2ccc(S(=O)(=O)N3CCOCC3)cc2)cc1. The fraction of sp³-hybridized carbons (Fsp3) is 0.350. The van der Waals surface area contributed by atoms with Gasteiger partial charge < -0.3 is 15.4 Å². The predicted molar refractivity (Wildman–Crippen MR) is 109 cm³/mol. The van der Waals surface area contributed by atoms with Gasteiger partial charge in [0, 0.05) is 24.5 Å². The molecule has 0 aromatic heterocycles. The molecule has 2 aromatic rings. The molecule has 1 aliphatic heterocycles. The third kappa shape index (κ3) is 4.89. The summed E-state index contributed by atoms with van der Waals surface area (Å²) >= 11 is 0. The van der Waals surface area contributed by atoms with Crippen molar-refractivity contribution in [2.75, 3.05) is 36.9 Å². The van der Waals surface area contributed by atoms with Crippen LogP contribution in [0.15, 0.2) is 53.4 Å². The van der Waals surface area contributed by atoms with Gasteiger partial charge in [-0.2, -0.15) is 4.31 Å². The zero-order valence-electron chi connectivity index (χ0n) is 16.0. The minimum atomic E-state index is -3.54. The predicted octanol–water partition coefficient (Wildman–Crippen LogP) is 2.46. The van der Waals surface area contributed by atoms with Crippen molar-refractivity contribution in [3.05, 3.63) is 54.1 Å². The monoisotopic (exact) mass is 403 g/mol. The summed E-state index contributed by atoms with van der Waals surface area (Å²) in [5.74, 6) is -0.204. The number of aryl methyl sites for hydroxylation is 1. The Hall–Kier alpha value is -2.42. The Labute approximate surface area is 165 Å². The van der Waals surface area contributed by atoms with Crippen LogP contribution in [0.3, 0.4) is 0 Å². The van der Waals surface area contributed by atoms with Crippen LogP contribution in [0.25, 0.3) is 0 Å².